The van der Waals surface area contributed by atoms with Crippen molar-refractivity contribution in [1.82, 2.24) is 0 Å². The van der Waals surface area contributed by atoms with Gasteiger partial charge in [0.1, 0.15) is 0 Å². The maximum Gasteiger partial charge on any atom is 0.500 e. The van der Waals surface area contributed by atoms with Crippen LogP contribution >= 0.6 is 0 Å². The Balaban J connectivity index is 3.13. The lowest BCUT2D eigenvalue weighted by molar-refractivity contribution is 0.122. The van der Waals surface area contributed by atoms with Crippen molar-refractivity contribution in [2.75, 3.05) is 21.3 Å². The Bertz CT molecular complexity index is 393. The van der Waals surface area contributed by atoms with Crippen LogP contribution in [0, 0.1) is 0 Å². The van der Waals surface area contributed by atoms with E-state index >= 15 is 0 Å². The first-order valence-corrected chi connectivity index (χ1v) is 18.3. The zero-order valence-electron chi connectivity index (χ0n) is 25.5. The molecule has 0 radical (unpaired) electrons. The summed E-state index contributed by atoms with van der Waals surface area (Å²) >= 11 is 0. The second-order valence-corrected chi connectivity index (χ2v) is 14.3. The van der Waals surface area contributed by atoms with Crippen LogP contribution in [-0.4, -0.2) is 30.1 Å². The summed E-state index contributed by atoms with van der Waals surface area (Å²) in [7, 11) is 2.79. The van der Waals surface area contributed by atoms with Crippen molar-refractivity contribution in [3.63, 3.8) is 0 Å². The lowest BCUT2D eigenvalue weighted by Crippen LogP contribution is -2.42. The molecule has 0 N–H and O–H groups in total. The summed E-state index contributed by atoms with van der Waals surface area (Å²) in [5, 5.41) is 0. The predicted molar refractivity (Wildman–Crippen MR) is 162 cm³/mol. The average Bonchev–Trinajstić information content (AvgIpc) is 2.91. The monoisotopic (exact) mass is 528 g/mol. The van der Waals surface area contributed by atoms with E-state index < -0.39 is 8.80 Å². The summed E-state index contributed by atoms with van der Waals surface area (Å²) in [6.45, 7) is 2.30. The van der Waals surface area contributed by atoms with Gasteiger partial charge in [-0.3, -0.25) is 0 Å². The van der Waals surface area contributed by atoms with Crippen molar-refractivity contribution >= 4 is 8.80 Å². The highest BCUT2D eigenvalue weighted by molar-refractivity contribution is 6.60. The molecule has 0 saturated carbocycles. The summed E-state index contributed by atoms with van der Waals surface area (Å²) in [5.41, 5.74) is 0. The second kappa shape index (κ2) is 29.6. The molecule has 0 fully saturated rings. The highest BCUT2D eigenvalue weighted by Crippen LogP contribution is 2.19. The Morgan fingerprint density at radius 3 is 0.694 bits per heavy atom. The van der Waals surface area contributed by atoms with E-state index in [1.165, 1.54) is 167 Å². The van der Waals surface area contributed by atoms with Crippen LogP contribution in [0.2, 0.25) is 6.04 Å². The van der Waals surface area contributed by atoms with Gasteiger partial charge >= 0.3 is 8.80 Å². The molecule has 0 heterocycles. The maximum absolute atomic E-state index is 5.49. The van der Waals surface area contributed by atoms with E-state index in [1.807, 2.05) is 0 Å². The molecule has 0 aliphatic carbocycles. The molecular weight excluding hydrogens is 460 g/mol. The Kier molecular flexibility index (Phi) is 29.7. The fourth-order valence-electron chi connectivity index (χ4n) is 5.39. The van der Waals surface area contributed by atoms with E-state index in [0.717, 1.165) is 12.5 Å². The van der Waals surface area contributed by atoms with Crippen molar-refractivity contribution in [3.8, 4) is 0 Å². The normalized spacial score (nSPS) is 12.0. The molecule has 0 unspecified atom stereocenters. The van der Waals surface area contributed by atoms with Gasteiger partial charge in [0, 0.05) is 27.4 Å². The van der Waals surface area contributed by atoms with Crippen LogP contribution < -0.4 is 0 Å². The van der Waals surface area contributed by atoms with Gasteiger partial charge in [-0.15, -0.1) is 0 Å². The van der Waals surface area contributed by atoms with E-state index in [4.69, 9.17) is 13.3 Å². The molecular formula is C32H68O3Si. The number of hydrogen-bond donors (Lipinski definition) is 0. The van der Waals surface area contributed by atoms with Gasteiger partial charge in [0.15, 0.2) is 0 Å². The van der Waals surface area contributed by atoms with Gasteiger partial charge in [0.25, 0.3) is 0 Å². The molecule has 0 aromatic rings. The van der Waals surface area contributed by atoms with Crippen molar-refractivity contribution in [3.05, 3.63) is 0 Å². The molecule has 0 bridgehead atoms. The fourth-order valence-corrected chi connectivity index (χ4v) is 7.19. The Labute approximate surface area is 229 Å². The average molecular weight is 529 g/mol. The largest absolute Gasteiger partial charge is 0.500 e. The summed E-state index contributed by atoms with van der Waals surface area (Å²) in [4.78, 5) is 0. The quantitative estimate of drug-likeness (QED) is 0.0661. The third kappa shape index (κ3) is 24.4. The summed E-state index contributed by atoms with van der Waals surface area (Å²) < 4.78 is 16.5. The van der Waals surface area contributed by atoms with Crippen LogP contribution in [-0.2, 0) is 13.3 Å². The fraction of sp³-hybridized carbons (Fsp3) is 1.00. The van der Waals surface area contributed by atoms with Gasteiger partial charge in [-0.05, 0) is 6.42 Å². The van der Waals surface area contributed by atoms with Crippen molar-refractivity contribution in [1.29, 1.82) is 0 Å². The summed E-state index contributed by atoms with van der Waals surface area (Å²) in [5.74, 6) is 0. The molecule has 218 valence electrons. The van der Waals surface area contributed by atoms with E-state index in [0.29, 0.717) is 0 Å². The Morgan fingerprint density at radius 2 is 0.500 bits per heavy atom. The van der Waals surface area contributed by atoms with Crippen molar-refractivity contribution in [2.24, 2.45) is 0 Å². The SMILES string of the molecule is CCCCCCCCCCCCCCCCCCCCCCCCCCCCC[Si](OC)(OC)OC. The first kappa shape index (κ1) is 36.1. The van der Waals surface area contributed by atoms with Gasteiger partial charge < -0.3 is 13.3 Å². The van der Waals surface area contributed by atoms with Gasteiger partial charge in [-0.1, -0.05) is 174 Å². The topological polar surface area (TPSA) is 27.7 Å². The van der Waals surface area contributed by atoms with Gasteiger partial charge in [0.05, 0.1) is 0 Å². The summed E-state index contributed by atoms with van der Waals surface area (Å²) in [6.07, 6.45) is 38.7. The summed E-state index contributed by atoms with van der Waals surface area (Å²) in [6, 6.07) is 0.940. The van der Waals surface area contributed by atoms with E-state index in [1.54, 1.807) is 21.3 Å². The van der Waals surface area contributed by atoms with Crippen LogP contribution in [0.1, 0.15) is 180 Å². The second-order valence-electron chi connectivity index (χ2n) is 11.2. The molecule has 0 spiro atoms. The van der Waals surface area contributed by atoms with Crippen LogP contribution in [0.4, 0.5) is 0 Å². The van der Waals surface area contributed by atoms with E-state index in [9.17, 15) is 0 Å². The molecule has 0 saturated heterocycles. The molecule has 0 aliphatic heterocycles. The van der Waals surface area contributed by atoms with Crippen molar-refractivity contribution < 1.29 is 13.3 Å². The molecule has 0 rings (SSSR count). The van der Waals surface area contributed by atoms with Gasteiger partial charge in [0.2, 0.25) is 0 Å². The lowest BCUT2D eigenvalue weighted by atomic mass is 10.0. The Morgan fingerprint density at radius 1 is 0.306 bits per heavy atom. The molecule has 0 amide bonds. The molecule has 0 aromatic carbocycles. The first-order valence-electron chi connectivity index (χ1n) is 16.4. The van der Waals surface area contributed by atoms with E-state index in [-0.39, 0.29) is 0 Å². The third-order valence-electron chi connectivity index (χ3n) is 8.02. The van der Waals surface area contributed by atoms with Crippen LogP contribution in [0.25, 0.3) is 0 Å². The highest BCUT2D eigenvalue weighted by Gasteiger charge is 2.36. The zero-order valence-corrected chi connectivity index (χ0v) is 26.5. The number of hydrogen-bond acceptors (Lipinski definition) is 3. The third-order valence-corrected chi connectivity index (χ3v) is 10.9. The van der Waals surface area contributed by atoms with Crippen LogP contribution in [0.3, 0.4) is 0 Å². The minimum absolute atomic E-state index is 0.940. The zero-order chi connectivity index (χ0) is 26.4. The first-order chi connectivity index (χ1) is 17.7. The van der Waals surface area contributed by atoms with Crippen LogP contribution in [0.5, 0.6) is 0 Å². The molecule has 0 aromatic heterocycles. The predicted octanol–water partition coefficient (Wildman–Crippen LogP) is 11.4. The minimum atomic E-state index is -2.34. The minimum Gasteiger partial charge on any atom is -0.377 e. The highest BCUT2D eigenvalue weighted by atomic mass is 28.4. The number of unbranched alkanes of at least 4 members (excludes halogenated alkanes) is 26. The molecule has 4 heteroatoms. The molecule has 3 nitrogen and oxygen atoms in total. The Hall–Kier alpha value is 0.0969. The van der Waals surface area contributed by atoms with Crippen LogP contribution in [0.15, 0.2) is 0 Å². The van der Waals surface area contributed by atoms with Gasteiger partial charge in [-0.2, -0.15) is 0 Å². The van der Waals surface area contributed by atoms with E-state index in [2.05, 4.69) is 6.92 Å². The molecule has 36 heavy (non-hydrogen) atoms. The smallest absolute Gasteiger partial charge is 0.377 e. The standard InChI is InChI=1S/C32H68O3Si/c1-5-6-7-8-9-10-11-12-13-14-15-16-17-18-19-20-21-22-23-24-25-26-27-28-29-30-31-32-36(33-2,34-3)35-4/h5-32H2,1-4H3. The van der Waals surface area contributed by atoms with Crippen molar-refractivity contribution in [2.45, 2.75) is 186 Å². The molecule has 0 atom stereocenters. The lowest BCUT2D eigenvalue weighted by Gasteiger charge is -2.24. The van der Waals surface area contributed by atoms with Gasteiger partial charge in [-0.25, -0.2) is 0 Å². The number of rotatable bonds is 31. The molecule has 0 aliphatic rings. The maximum atomic E-state index is 5.49.